The van der Waals surface area contributed by atoms with Gasteiger partial charge in [0.25, 0.3) is 0 Å². The molecule has 19 heavy (non-hydrogen) atoms. The summed E-state index contributed by atoms with van der Waals surface area (Å²) in [7, 11) is 0. The second kappa shape index (κ2) is 5.73. The summed E-state index contributed by atoms with van der Waals surface area (Å²) in [4.78, 5) is 28.7. The quantitative estimate of drug-likeness (QED) is 0.773. The van der Waals surface area contributed by atoms with Crippen molar-refractivity contribution in [3.63, 3.8) is 0 Å². The fraction of sp³-hybridized carbons (Fsp3) is 0.429. The molecule has 1 aromatic carbocycles. The van der Waals surface area contributed by atoms with E-state index in [4.69, 9.17) is 0 Å². The maximum Gasteiger partial charge on any atom is 0.323 e. The lowest BCUT2D eigenvalue weighted by atomic mass is 10.0. The Hall–Kier alpha value is -2.04. The van der Waals surface area contributed by atoms with E-state index in [1.807, 2.05) is 6.92 Å². The van der Waals surface area contributed by atoms with Gasteiger partial charge in [-0.05, 0) is 18.6 Å². The summed E-state index contributed by atoms with van der Waals surface area (Å²) in [5.74, 6) is -0.0381. The summed E-state index contributed by atoms with van der Waals surface area (Å²) in [6, 6.07) is 5.39. The van der Waals surface area contributed by atoms with E-state index in [2.05, 4.69) is 22.2 Å². The molecule has 3 N–H and O–H groups in total. The van der Waals surface area contributed by atoms with Crippen LogP contribution >= 0.6 is 0 Å². The van der Waals surface area contributed by atoms with Crippen molar-refractivity contribution in [2.24, 2.45) is 5.92 Å². The van der Waals surface area contributed by atoms with Crippen molar-refractivity contribution in [2.75, 3.05) is 5.32 Å². The minimum absolute atomic E-state index is 0.0111. The highest BCUT2D eigenvalue weighted by Crippen LogP contribution is 2.20. The lowest BCUT2D eigenvalue weighted by molar-refractivity contribution is -0.119. The molecule has 1 aromatic heterocycles. The lowest BCUT2D eigenvalue weighted by Gasteiger charge is -2.12. The number of para-hydroxylation sites is 1. The van der Waals surface area contributed by atoms with Gasteiger partial charge in [-0.15, -0.1) is 0 Å². The molecule has 1 amide bonds. The van der Waals surface area contributed by atoms with Crippen molar-refractivity contribution < 1.29 is 4.79 Å². The molecule has 0 aliphatic rings. The van der Waals surface area contributed by atoms with E-state index in [1.54, 1.807) is 18.2 Å². The highest BCUT2D eigenvalue weighted by molar-refractivity contribution is 6.00. The first-order valence-corrected chi connectivity index (χ1v) is 6.63. The molecule has 2 rings (SSSR count). The predicted octanol–water partition coefficient (Wildman–Crippen LogP) is 2.62. The van der Waals surface area contributed by atoms with Gasteiger partial charge >= 0.3 is 5.69 Å². The monoisotopic (exact) mass is 261 g/mol. The van der Waals surface area contributed by atoms with Gasteiger partial charge in [0, 0.05) is 5.92 Å². The maximum absolute atomic E-state index is 12.1. The Labute approximate surface area is 111 Å². The molecule has 1 heterocycles. The van der Waals surface area contributed by atoms with Gasteiger partial charge in [-0.1, -0.05) is 32.8 Å². The number of anilines is 1. The van der Waals surface area contributed by atoms with Gasteiger partial charge in [-0.25, -0.2) is 4.79 Å². The number of carbonyl (C=O) groups is 1. The summed E-state index contributed by atoms with van der Waals surface area (Å²) >= 11 is 0. The number of carbonyl (C=O) groups excluding carboxylic acids is 1. The van der Waals surface area contributed by atoms with E-state index in [-0.39, 0.29) is 17.5 Å². The van der Waals surface area contributed by atoms with Gasteiger partial charge in [-0.3, -0.25) is 4.79 Å². The topological polar surface area (TPSA) is 77.8 Å². The smallest absolute Gasteiger partial charge is 0.323 e. The third-order valence-corrected chi connectivity index (χ3v) is 3.25. The van der Waals surface area contributed by atoms with Crippen LogP contribution in [0.15, 0.2) is 23.0 Å². The SMILES string of the molecule is CCCC[C@H](C)C(=O)Nc1cccc2[nH]c(=O)[nH]c12. The Balaban J connectivity index is 2.17. The molecule has 0 radical (unpaired) electrons. The summed E-state index contributed by atoms with van der Waals surface area (Å²) in [5, 5.41) is 2.88. The van der Waals surface area contributed by atoms with Crippen LogP contribution in [0.5, 0.6) is 0 Å². The minimum atomic E-state index is -0.268. The van der Waals surface area contributed by atoms with Crippen molar-refractivity contribution in [1.82, 2.24) is 9.97 Å². The Bertz CT molecular complexity index is 627. The number of aromatic amines is 2. The number of hydrogen-bond donors (Lipinski definition) is 3. The van der Waals surface area contributed by atoms with Gasteiger partial charge in [0.15, 0.2) is 0 Å². The fourth-order valence-electron chi connectivity index (χ4n) is 2.06. The molecule has 0 spiro atoms. The molecule has 102 valence electrons. The molecule has 2 aromatic rings. The number of hydrogen-bond acceptors (Lipinski definition) is 2. The maximum atomic E-state index is 12.1. The standard InChI is InChI=1S/C14H19N3O2/c1-3-4-6-9(2)13(18)15-10-7-5-8-11-12(10)17-14(19)16-11/h5,7-9H,3-4,6H2,1-2H3,(H,15,18)(H2,16,17,19)/t9-/m0/s1. The summed E-state index contributed by atoms with van der Waals surface area (Å²) in [6.07, 6.45) is 3.00. The number of fused-ring (bicyclic) bond motifs is 1. The van der Waals surface area contributed by atoms with Crippen molar-refractivity contribution >= 4 is 22.6 Å². The number of H-pyrrole nitrogens is 2. The highest BCUT2D eigenvalue weighted by atomic mass is 16.2. The van der Waals surface area contributed by atoms with E-state index in [1.165, 1.54) is 0 Å². The van der Waals surface area contributed by atoms with Crippen molar-refractivity contribution in [1.29, 1.82) is 0 Å². The van der Waals surface area contributed by atoms with E-state index < -0.39 is 0 Å². The molecule has 0 aliphatic heterocycles. The molecule has 1 atom stereocenters. The molecule has 0 bridgehead atoms. The molecule has 5 nitrogen and oxygen atoms in total. The van der Waals surface area contributed by atoms with Crippen LogP contribution in [0.1, 0.15) is 33.1 Å². The minimum Gasteiger partial charge on any atom is -0.324 e. The molecule has 0 unspecified atom stereocenters. The largest absolute Gasteiger partial charge is 0.324 e. The van der Waals surface area contributed by atoms with Gasteiger partial charge in [0.1, 0.15) is 0 Å². The molecule has 0 fully saturated rings. The first-order valence-electron chi connectivity index (χ1n) is 6.63. The van der Waals surface area contributed by atoms with E-state index in [0.717, 1.165) is 19.3 Å². The zero-order chi connectivity index (χ0) is 13.8. The zero-order valence-electron chi connectivity index (χ0n) is 11.2. The van der Waals surface area contributed by atoms with E-state index in [9.17, 15) is 9.59 Å². The van der Waals surface area contributed by atoms with Crippen LogP contribution in [0.4, 0.5) is 5.69 Å². The normalized spacial score (nSPS) is 12.5. The van der Waals surface area contributed by atoms with Crippen molar-refractivity contribution in [3.8, 4) is 0 Å². The number of rotatable bonds is 5. The predicted molar refractivity (Wildman–Crippen MR) is 76.2 cm³/mol. The van der Waals surface area contributed by atoms with Crippen LogP contribution < -0.4 is 11.0 Å². The Morgan fingerprint density at radius 1 is 1.37 bits per heavy atom. The average Bonchev–Trinajstić information content (AvgIpc) is 2.77. The van der Waals surface area contributed by atoms with Gasteiger partial charge < -0.3 is 15.3 Å². The Morgan fingerprint density at radius 3 is 2.89 bits per heavy atom. The van der Waals surface area contributed by atoms with Gasteiger partial charge in [0.05, 0.1) is 16.7 Å². The highest BCUT2D eigenvalue weighted by Gasteiger charge is 2.14. The molecule has 0 saturated heterocycles. The zero-order valence-corrected chi connectivity index (χ0v) is 11.2. The molecule has 0 aliphatic carbocycles. The van der Waals surface area contributed by atoms with Crippen LogP contribution in [-0.2, 0) is 4.79 Å². The number of unbranched alkanes of at least 4 members (excludes halogenated alkanes) is 1. The summed E-state index contributed by atoms with van der Waals surface area (Å²) in [6.45, 7) is 4.03. The third kappa shape index (κ3) is 3.05. The first kappa shape index (κ1) is 13.4. The van der Waals surface area contributed by atoms with Crippen LogP contribution in [0.2, 0.25) is 0 Å². The number of nitrogens with one attached hydrogen (secondary N) is 3. The Morgan fingerprint density at radius 2 is 2.16 bits per heavy atom. The molecule has 0 saturated carbocycles. The van der Waals surface area contributed by atoms with E-state index >= 15 is 0 Å². The number of benzene rings is 1. The van der Waals surface area contributed by atoms with Crippen LogP contribution in [0, 0.1) is 5.92 Å². The van der Waals surface area contributed by atoms with Crippen LogP contribution in [0.25, 0.3) is 11.0 Å². The van der Waals surface area contributed by atoms with Gasteiger partial charge in [-0.2, -0.15) is 0 Å². The van der Waals surface area contributed by atoms with E-state index in [0.29, 0.717) is 16.7 Å². The summed E-state index contributed by atoms with van der Waals surface area (Å²) < 4.78 is 0. The van der Waals surface area contributed by atoms with Crippen molar-refractivity contribution in [3.05, 3.63) is 28.7 Å². The molecular weight excluding hydrogens is 242 g/mol. The fourth-order valence-corrected chi connectivity index (χ4v) is 2.06. The van der Waals surface area contributed by atoms with Gasteiger partial charge in [0.2, 0.25) is 5.91 Å². The van der Waals surface area contributed by atoms with Crippen molar-refractivity contribution in [2.45, 2.75) is 33.1 Å². The number of amides is 1. The molecule has 5 heteroatoms. The van der Waals surface area contributed by atoms with Crippen LogP contribution in [0.3, 0.4) is 0 Å². The number of aromatic nitrogens is 2. The third-order valence-electron chi connectivity index (χ3n) is 3.25. The summed E-state index contributed by atoms with van der Waals surface area (Å²) in [5.41, 5.74) is 1.72. The first-order chi connectivity index (χ1) is 9.11. The number of imidazole rings is 1. The second-order valence-electron chi connectivity index (χ2n) is 4.84. The Kier molecular flexibility index (Phi) is 4.04. The average molecular weight is 261 g/mol. The van der Waals surface area contributed by atoms with Crippen LogP contribution in [-0.4, -0.2) is 15.9 Å². The molecular formula is C14H19N3O2. The lowest BCUT2D eigenvalue weighted by Crippen LogP contribution is -2.20. The second-order valence-corrected chi connectivity index (χ2v) is 4.84.